The van der Waals surface area contributed by atoms with Crippen molar-refractivity contribution in [2.75, 3.05) is 7.11 Å². The number of hydrogen-bond acceptors (Lipinski definition) is 3. The van der Waals surface area contributed by atoms with Crippen LogP contribution in [0.15, 0.2) is 0 Å². The van der Waals surface area contributed by atoms with Crippen LogP contribution in [0.1, 0.15) is 51.0 Å². The maximum atomic E-state index is 11.9. The SMILES string of the molecule is COC(=O)C1CCCn2c(CC(C)(C)C)nc(Cl)c21. The Bertz CT molecular complexity index is 488. The first-order chi connectivity index (χ1) is 8.83. The molecule has 0 saturated carbocycles. The third-order valence-corrected chi connectivity index (χ3v) is 3.70. The van der Waals surface area contributed by atoms with Crippen LogP contribution in [-0.2, 0) is 22.5 Å². The first kappa shape index (κ1) is 14.4. The minimum absolute atomic E-state index is 0.143. The molecule has 0 spiro atoms. The molecule has 0 N–H and O–H groups in total. The predicted octanol–water partition coefficient (Wildman–Crippen LogP) is 3.18. The van der Waals surface area contributed by atoms with Crippen LogP contribution in [0.5, 0.6) is 0 Å². The van der Waals surface area contributed by atoms with Crippen LogP contribution in [0.4, 0.5) is 0 Å². The van der Waals surface area contributed by atoms with Crippen molar-refractivity contribution >= 4 is 17.6 Å². The molecule has 0 fully saturated rings. The molecule has 1 aromatic rings. The summed E-state index contributed by atoms with van der Waals surface area (Å²) in [5, 5.41) is 0.453. The number of hydrogen-bond donors (Lipinski definition) is 0. The second-order valence-electron chi connectivity index (χ2n) is 6.31. The van der Waals surface area contributed by atoms with Crippen molar-refractivity contribution in [3.05, 3.63) is 16.7 Å². The lowest BCUT2D eigenvalue weighted by molar-refractivity contribution is -0.143. The van der Waals surface area contributed by atoms with Gasteiger partial charge in [0.1, 0.15) is 11.7 Å². The highest BCUT2D eigenvalue weighted by molar-refractivity contribution is 6.30. The predicted molar refractivity (Wildman–Crippen MR) is 74.4 cm³/mol. The van der Waals surface area contributed by atoms with E-state index in [1.807, 2.05) is 0 Å². The number of esters is 1. The Morgan fingerprint density at radius 2 is 2.21 bits per heavy atom. The van der Waals surface area contributed by atoms with Crippen LogP contribution in [-0.4, -0.2) is 22.6 Å². The molecule has 5 heteroatoms. The molecule has 0 bridgehead atoms. The Morgan fingerprint density at radius 1 is 1.53 bits per heavy atom. The van der Waals surface area contributed by atoms with Gasteiger partial charge in [-0.1, -0.05) is 32.4 Å². The first-order valence-electron chi connectivity index (χ1n) is 6.66. The number of methoxy groups -OCH3 is 1. The maximum absolute atomic E-state index is 11.9. The lowest BCUT2D eigenvalue weighted by atomic mass is 9.91. The van der Waals surface area contributed by atoms with Crippen molar-refractivity contribution in [2.24, 2.45) is 5.41 Å². The summed E-state index contributed by atoms with van der Waals surface area (Å²) in [6, 6.07) is 0. The Morgan fingerprint density at radius 3 is 2.79 bits per heavy atom. The molecule has 0 saturated heterocycles. The van der Waals surface area contributed by atoms with Gasteiger partial charge in [-0.2, -0.15) is 0 Å². The molecule has 1 unspecified atom stereocenters. The van der Waals surface area contributed by atoms with Crippen molar-refractivity contribution in [3.8, 4) is 0 Å². The number of nitrogens with zero attached hydrogens (tertiary/aromatic N) is 2. The van der Waals surface area contributed by atoms with Gasteiger partial charge in [0.2, 0.25) is 0 Å². The molecule has 1 aromatic heterocycles. The summed E-state index contributed by atoms with van der Waals surface area (Å²) in [5.74, 6) is 0.485. The van der Waals surface area contributed by atoms with Gasteiger partial charge in [-0.3, -0.25) is 4.79 Å². The molecule has 1 aliphatic rings. The van der Waals surface area contributed by atoms with Crippen LogP contribution >= 0.6 is 11.6 Å². The van der Waals surface area contributed by atoms with Crippen molar-refractivity contribution < 1.29 is 9.53 Å². The second-order valence-corrected chi connectivity index (χ2v) is 6.67. The minimum atomic E-state index is -0.271. The molecule has 2 rings (SSSR count). The summed E-state index contributed by atoms with van der Waals surface area (Å²) in [6.07, 6.45) is 2.59. The highest BCUT2D eigenvalue weighted by Gasteiger charge is 2.33. The fourth-order valence-electron chi connectivity index (χ4n) is 2.63. The number of ether oxygens (including phenoxy) is 1. The Balaban J connectivity index is 2.40. The number of carbonyl (C=O) groups excluding carboxylic acids is 1. The lowest BCUT2D eigenvalue weighted by Crippen LogP contribution is -2.25. The van der Waals surface area contributed by atoms with E-state index in [0.717, 1.165) is 37.3 Å². The van der Waals surface area contributed by atoms with E-state index in [1.165, 1.54) is 7.11 Å². The largest absolute Gasteiger partial charge is 0.469 e. The number of rotatable bonds is 2. The molecule has 2 heterocycles. The molecular formula is C14H21ClN2O2. The highest BCUT2D eigenvalue weighted by atomic mass is 35.5. The van der Waals surface area contributed by atoms with Crippen LogP contribution in [0.25, 0.3) is 0 Å². The molecular weight excluding hydrogens is 264 g/mol. The highest BCUT2D eigenvalue weighted by Crippen LogP contribution is 2.35. The Kier molecular flexibility index (Phi) is 3.90. The molecule has 19 heavy (non-hydrogen) atoms. The summed E-state index contributed by atoms with van der Waals surface area (Å²) in [4.78, 5) is 16.3. The number of halogens is 1. The Hall–Kier alpha value is -1.03. The van der Waals surface area contributed by atoms with Crippen molar-refractivity contribution in [3.63, 3.8) is 0 Å². The van der Waals surface area contributed by atoms with Crippen molar-refractivity contribution in [2.45, 2.75) is 52.5 Å². The Labute approximate surface area is 119 Å². The number of aromatic nitrogens is 2. The van der Waals surface area contributed by atoms with Crippen molar-refractivity contribution in [1.82, 2.24) is 9.55 Å². The zero-order valence-electron chi connectivity index (χ0n) is 12.0. The zero-order valence-corrected chi connectivity index (χ0v) is 12.8. The van der Waals surface area contributed by atoms with Gasteiger partial charge < -0.3 is 9.30 Å². The minimum Gasteiger partial charge on any atom is -0.469 e. The van der Waals surface area contributed by atoms with E-state index in [2.05, 4.69) is 30.3 Å². The van der Waals surface area contributed by atoms with Crippen molar-refractivity contribution in [1.29, 1.82) is 0 Å². The molecule has 0 amide bonds. The summed E-state index contributed by atoms with van der Waals surface area (Å²) in [7, 11) is 1.42. The average Bonchev–Trinajstić information content (AvgIpc) is 2.63. The normalized spacial score (nSPS) is 19.1. The van der Waals surface area contributed by atoms with E-state index in [4.69, 9.17) is 16.3 Å². The summed E-state index contributed by atoms with van der Waals surface area (Å²) in [6.45, 7) is 7.39. The molecule has 1 atom stereocenters. The molecule has 0 aliphatic carbocycles. The fraction of sp³-hybridized carbons (Fsp3) is 0.714. The van der Waals surface area contributed by atoms with E-state index in [9.17, 15) is 4.79 Å². The van der Waals surface area contributed by atoms with Crippen LogP contribution in [0.3, 0.4) is 0 Å². The van der Waals surface area contributed by atoms with E-state index < -0.39 is 0 Å². The quantitative estimate of drug-likeness (QED) is 0.784. The van der Waals surface area contributed by atoms with E-state index in [0.29, 0.717) is 5.15 Å². The number of carbonyl (C=O) groups is 1. The van der Waals surface area contributed by atoms with Gasteiger partial charge in [-0.15, -0.1) is 0 Å². The summed E-state index contributed by atoms with van der Waals surface area (Å²) < 4.78 is 6.98. The molecule has 106 valence electrons. The molecule has 1 aliphatic heterocycles. The monoisotopic (exact) mass is 284 g/mol. The standard InChI is InChI=1S/C14H21ClN2O2/c1-14(2,3)8-10-16-12(15)11-9(13(18)19-4)6-5-7-17(10)11/h9H,5-8H2,1-4H3. The molecule has 0 aromatic carbocycles. The third kappa shape index (κ3) is 2.94. The first-order valence-corrected chi connectivity index (χ1v) is 7.04. The summed E-state index contributed by atoms with van der Waals surface area (Å²) in [5.41, 5.74) is 0.975. The smallest absolute Gasteiger partial charge is 0.314 e. The van der Waals surface area contributed by atoms with Crippen LogP contribution < -0.4 is 0 Å². The van der Waals surface area contributed by atoms with Gasteiger partial charge in [0.25, 0.3) is 0 Å². The van der Waals surface area contributed by atoms with E-state index in [1.54, 1.807) is 0 Å². The molecule has 4 nitrogen and oxygen atoms in total. The van der Waals surface area contributed by atoms with Gasteiger partial charge in [-0.05, 0) is 18.3 Å². The maximum Gasteiger partial charge on any atom is 0.314 e. The van der Waals surface area contributed by atoms with Gasteiger partial charge in [0.05, 0.1) is 12.8 Å². The number of fused-ring (bicyclic) bond motifs is 1. The molecule has 0 radical (unpaired) electrons. The van der Waals surface area contributed by atoms with E-state index in [-0.39, 0.29) is 17.3 Å². The third-order valence-electron chi connectivity index (χ3n) is 3.42. The average molecular weight is 285 g/mol. The van der Waals surface area contributed by atoms with E-state index >= 15 is 0 Å². The zero-order chi connectivity index (χ0) is 14.2. The van der Waals surface area contributed by atoms with Gasteiger partial charge >= 0.3 is 5.97 Å². The van der Waals surface area contributed by atoms with Crippen LogP contribution in [0, 0.1) is 5.41 Å². The topological polar surface area (TPSA) is 44.1 Å². The van der Waals surface area contributed by atoms with Gasteiger partial charge in [-0.25, -0.2) is 4.98 Å². The van der Waals surface area contributed by atoms with Gasteiger partial charge in [0.15, 0.2) is 5.15 Å². The number of imidazole rings is 1. The van der Waals surface area contributed by atoms with Crippen LogP contribution in [0.2, 0.25) is 5.15 Å². The lowest BCUT2D eigenvalue weighted by Gasteiger charge is -2.25. The fourth-order valence-corrected chi connectivity index (χ4v) is 2.97. The van der Waals surface area contributed by atoms with Gasteiger partial charge in [0, 0.05) is 13.0 Å². The second kappa shape index (κ2) is 5.16. The summed E-state index contributed by atoms with van der Waals surface area (Å²) >= 11 is 6.25.